The zero-order valence-electron chi connectivity index (χ0n) is 12.6. The highest BCUT2D eigenvalue weighted by molar-refractivity contribution is 7.80. The third kappa shape index (κ3) is 4.40. The molecule has 0 aromatic rings. The van der Waals surface area contributed by atoms with E-state index in [1.807, 2.05) is 6.92 Å². The Morgan fingerprint density at radius 1 is 1.45 bits per heavy atom. The van der Waals surface area contributed by atoms with Gasteiger partial charge in [-0.3, -0.25) is 14.4 Å². The number of hydrogen-bond acceptors (Lipinski definition) is 5. The Hall–Kier alpha value is -1.70. The van der Waals surface area contributed by atoms with Crippen molar-refractivity contribution in [3.8, 4) is 0 Å². The van der Waals surface area contributed by atoms with Crippen LogP contribution in [0.1, 0.15) is 32.6 Å². The summed E-state index contributed by atoms with van der Waals surface area (Å²) in [7, 11) is 0. The van der Waals surface area contributed by atoms with Crippen LogP contribution in [0, 0.1) is 5.92 Å². The van der Waals surface area contributed by atoms with E-state index in [0.29, 0.717) is 19.7 Å². The minimum atomic E-state index is -0.731. The molecule has 2 fully saturated rings. The number of nitrogens with one attached hydrogen (secondary N) is 2. The highest BCUT2D eigenvalue weighted by atomic mass is 32.1. The van der Waals surface area contributed by atoms with Crippen molar-refractivity contribution in [2.24, 2.45) is 5.92 Å². The second-order valence-electron chi connectivity index (χ2n) is 5.49. The lowest BCUT2D eigenvalue weighted by atomic mass is 10.1. The van der Waals surface area contributed by atoms with Crippen molar-refractivity contribution in [1.82, 2.24) is 15.5 Å². The van der Waals surface area contributed by atoms with Crippen LogP contribution in [0.15, 0.2) is 0 Å². The average molecular weight is 327 g/mol. The number of ether oxygens (including phenoxy) is 1. The fraction of sp³-hybridized carbons (Fsp3) is 0.714. The SMILES string of the molecule is CCCOC(=O)CC1C(=O)NCCN1C(=S)NC(=O)C1CC1. The fourth-order valence-corrected chi connectivity index (χ4v) is 2.54. The van der Waals surface area contributed by atoms with Crippen molar-refractivity contribution in [3.05, 3.63) is 0 Å². The largest absolute Gasteiger partial charge is 0.466 e. The number of carbonyl (C=O) groups excluding carboxylic acids is 3. The second-order valence-corrected chi connectivity index (χ2v) is 5.88. The van der Waals surface area contributed by atoms with Gasteiger partial charge in [0.25, 0.3) is 0 Å². The number of rotatable bonds is 5. The van der Waals surface area contributed by atoms with Crippen LogP contribution in [0.4, 0.5) is 0 Å². The molecule has 1 atom stereocenters. The Balaban J connectivity index is 1.95. The van der Waals surface area contributed by atoms with Crippen LogP contribution in [-0.4, -0.2) is 53.5 Å². The average Bonchev–Trinajstić information content (AvgIpc) is 3.31. The topological polar surface area (TPSA) is 87.7 Å². The number of piperazine rings is 1. The molecule has 122 valence electrons. The van der Waals surface area contributed by atoms with Crippen molar-refractivity contribution in [2.45, 2.75) is 38.6 Å². The first-order valence-corrected chi connectivity index (χ1v) is 7.98. The molecular formula is C14H21N3O4S. The van der Waals surface area contributed by atoms with Crippen LogP contribution in [0.3, 0.4) is 0 Å². The quantitative estimate of drug-likeness (QED) is 0.543. The van der Waals surface area contributed by atoms with Gasteiger partial charge in [-0.15, -0.1) is 0 Å². The Morgan fingerprint density at radius 2 is 2.18 bits per heavy atom. The van der Waals surface area contributed by atoms with Gasteiger partial charge in [0.2, 0.25) is 11.8 Å². The van der Waals surface area contributed by atoms with Crippen LogP contribution in [0.25, 0.3) is 0 Å². The summed E-state index contributed by atoms with van der Waals surface area (Å²) in [6.07, 6.45) is 2.40. The van der Waals surface area contributed by atoms with Crippen molar-refractivity contribution >= 4 is 35.1 Å². The lowest BCUT2D eigenvalue weighted by Gasteiger charge is -2.36. The molecule has 2 amide bonds. The Labute approximate surface area is 134 Å². The molecule has 7 nitrogen and oxygen atoms in total. The molecule has 1 saturated carbocycles. The zero-order valence-corrected chi connectivity index (χ0v) is 13.4. The van der Waals surface area contributed by atoms with Gasteiger partial charge < -0.3 is 20.3 Å². The molecule has 0 aromatic heterocycles. The Bertz CT molecular complexity index is 479. The first kappa shape index (κ1) is 16.7. The van der Waals surface area contributed by atoms with Gasteiger partial charge in [0.05, 0.1) is 13.0 Å². The van der Waals surface area contributed by atoms with Crippen LogP contribution in [-0.2, 0) is 19.1 Å². The molecule has 1 unspecified atom stereocenters. The third-order valence-electron chi connectivity index (χ3n) is 3.60. The van der Waals surface area contributed by atoms with Gasteiger partial charge in [0.1, 0.15) is 6.04 Å². The van der Waals surface area contributed by atoms with Gasteiger partial charge in [0.15, 0.2) is 5.11 Å². The molecule has 1 saturated heterocycles. The number of thiocarbonyl (C=S) groups is 1. The Morgan fingerprint density at radius 3 is 2.82 bits per heavy atom. The molecular weight excluding hydrogens is 306 g/mol. The van der Waals surface area contributed by atoms with Crippen LogP contribution in [0.2, 0.25) is 0 Å². The highest BCUT2D eigenvalue weighted by Gasteiger charge is 2.36. The molecule has 2 aliphatic rings. The van der Waals surface area contributed by atoms with Crippen molar-refractivity contribution in [2.75, 3.05) is 19.7 Å². The number of esters is 1. The summed E-state index contributed by atoms with van der Waals surface area (Å²) in [5.74, 6) is -0.791. The van der Waals surface area contributed by atoms with Gasteiger partial charge in [-0.05, 0) is 31.5 Å². The number of hydrogen-bond donors (Lipinski definition) is 2. The maximum absolute atomic E-state index is 12.0. The van der Waals surface area contributed by atoms with Gasteiger partial charge in [-0.2, -0.15) is 0 Å². The smallest absolute Gasteiger partial charge is 0.308 e. The summed E-state index contributed by atoms with van der Waals surface area (Å²) < 4.78 is 5.02. The summed E-state index contributed by atoms with van der Waals surface area (Å²) in [5, 5.41) is 5.58. The number of nitrogens with zero attached hydrogens (tertiary/aromatic N) is 1. The van der Waals surface area contributed by atoms with Crippen LogP contribution < -0.4 is 10.6 Å². The molecule has 0 bridgehead atoms. The van der Waals surface area contributed by atoms with E-state index in [1.165, 1.54) is 0 Å². The molecule has 0 spiro atoms. The molecule has 0 aromatic carbocycles. The standard InChI is InChI=1S/C14H21N3O4S/c1-2-7-21-11(18)8-10-13(20)15-5-6-17(10)14(22)16-12(19)9-3-4-9/h9-10H,2-8H2,1H3,(H,15,20)(H,16,19,22). The summed E-state index contributed by atoms with van der Waals surface area (Å²) in [6.45, 7) is 3.12. The summed E-state index contributed by atoms with van der Waals surface area (Å²) >= 11 is 5.23. The second kappa shape index (κ2) is 7.53. The molecule has 22 heavy (non-hydrogen) atoms. The van der Waals surface area contributed by atoms with E-state index in [0.717, 1.165) is 19.3 Å². The first-order chi connectivity index (χ1) is 10.5. The van der Waals surface area contributed by atoms with Gasteiger partial charge in [0, 0.05) is 19.0 Å². The number of amides is 2. The molecule has 0 radical (unpaired) electrons. The van der Waals surface area contributed by atoms with E-state index in [-0.39, 0.29) is 29.3 Å². The number of carbonyl (C=O) groups is 3. The highest BCUT2D eigenvalue weighted by Crippen LogP contribution is 2.28. The minimum Gasteiger partial charge on any atom is -0.466 e. The van der Waals surface area contributed by atoms with Crippen molar-refractivity contribution in [3.63, 3.8) is 0 Å². The van der Waals surface area contributed by atoms with E-state index in [9.17, 15) is 14.4 Å². The van der Waals surface area contributed by atoms with E-state index < -0.39 is 12.0 Å². The predicted molar refractivity (Wildman–Crippen MR) is 82.8 cm³/mol. The molecule has 2 N–H and O–H groups in total. The van der Waals surface area contributed by atoms with Crippen LogP contribution >= 0.6 is 12.2 Å². The maximum atomic E-state index is 12.0. The van der Waals surface area contributed by atoms with Crippen LogP contribution in [0.5, 0.6) is 0 Å². The first-order valence-electron chi connectivity index (χ1n) is 7.57. The van der Waals surface area contributed by atoms with Gasteiger partial charge in [-0.1, -0.05) is 6.92 Å². The molecule has 2 rings (SSSR count). The summed E-state index contributed by atoms with van der Waals surface area (Å²) in [4.78, 5) is 37.2. The maximum Gasteiger partial charge on any atom is 0.308 e. The normalized spacial score (nSPS) is 21.0. The van der Waals surface area contributed by atoms with Gasteiger partial charge in [-0.25, -0.2) is 0 Å². The van der Waals surface area contributed by atoms with Crippen molar-refractivity contribution in [1.29, 1.82) is 0 Å². The van der Waals surface area contributed by atoms with E-state index >= 15 is 0 Å². The van der Waals surface area contributed by atoms with E-state index in [1.54, 1.807) is 4.90 Å². The zero-order chi connectivity index (χ0) is 16.1. The van der Waals surface area contributed by atoms with E-state index in [2.05, 4.69) is 10.6 Å². The predicted octanol–water partition coefficient (Wildman–Crippen LogP) is -0.0588. The molecule has 1 aliphatic carbocycles. The van der Waals surface area contributed by atoms with E-state index in [4.69, 9.17) is 17.0 Å². The lowest BCUT2D eigenvalue weighted by Crippen LogP contribution is -2.60. The molecule has 8 heteroatoms. The summed E-state index contributed by atoms with van der Waals surface area (Å²) in [6, 6.07) is -0.731. The minimum absolute atomic E-state index is 0.0320. The van der Waals surface area contributed by atoms with Crippen molar-refractivity contribution < 1.29 is 19.1 Å². The molecule has 1 heterocycles. The van der Waals surface area contributed by atoms with Gasteiger partial charge >= 0.3 is 5.97 Å². The fourth-order valence-electron chi connectivity index (χ4n) is 2.22. The third-order valence-corrected chi connectivity index (χ3v) is 3.93. The lowest BCUT2D eigenvalue weighted by molar-refractivity contribution is -0.147. The Kier molecular flexibility index (Phi) is 5.70. The molecule has 1 aliphatic heterocycles. The summed E-state index contributed by atoms with van der Waals surface area (Å²) in [5.41, 5.74) is 0. The monoisotopic (exact) mass is 327 g/mol.